The maximum Gasteiger partial charge on any atom is 0.336 e. The van der Waals surface area contributed by atoms with E-state index in [0.29, 0.717) is 30.1 Å². The van der Waals surface area contributed by atoms with E-state index in [1.807, 2.05) is 11.8 Å². The Hall–Kier alpha value is -1.35. The van der Waals surface area contributed by atoms with E-state index in [1.54, 1.807) is 22.5 Å². The van der Waals surface area contributed by atoms with E-state index < -0.39 is 15.6 Å². The predicted octanol–water partition coefficient (Wildman–Crippen LogP) is 1.99. The molecule has 0 unspecified atom stereocenters. The molecule has 0 amide bonds. The van der Waals surface area contributed by atoms with Crippen molar-refractivity contribution in [3.63, 3.8) is 0 Å². The first kappa shape index (κ1) is 18.0. The van der Waals surface area contributed by atoms with Gasteiger partial charge >= 0.3 is 5.63 Å². The Morgan fingerprint density at radius 3 is 2.46 bits per heavy atom. The second kappa shape index (κ2) is 7.34. The molecule has 2 aromatic rings. The van der Waals surface area contributed by atoms with E-state index in [2.05, 4.69) is 4.90 Å². The fourth-order valence-electron chi connectivity index (χ4n) is 3.75. The number of benzene rings is 1. The predicted molar refractivity (Wildman–Crippen MR) is 103 cm³/mol. The van der Waals surface area contributed by atoms with Crippen molar-refractivity contribution in [3.05, 3.63) is 40.8 Å². The average Bonchev–Trinajstić information content (AvgIpc) is 2.68. The molecular weight excluding hydrogens is 372 g/mol. The number of hydrogen-bond donors (Lipinski definition) is 0. The molecule has 0 atom stereocenters. The molecule has 8 heteroatoms. The van der Waals surface area contributed by atoms with Crippen LogP contribution in [-0.4, -0.2) is 61.3 Å². The van der Waals surface area contributed by atoms with E-state index in [4.69, 9.17) is 4.42 Å². The van der Waals surface area contributed by atoms with Crippen LogP contribution in [0.5, 0.6) is 0 Å². The lowest BCUT2D eigenvalue weighted by molar-refractivity contribution is 0.151. The molecule has 0 spiro atoms. The number of sulfonamides is 1. The van der Waals surface area contributed by atoms with Crippen LogP contribution in [0, 0.1) is 0 Å². The van der Waals surface area contributed by atoms with E-state index >= 15 is 0 Å². The molecule has 2 fully saturated rings. The van der Waals surface area contributed by atoms with Gasteiger partial charge in [-0.05, 0) is 37.1 Å². The molecule has 1 aromatic carbocycles. The Kier molecular flexibility index (Phi) is 5.09. The molecule has 0 saturated carbocycles. The molecule has 2 aliphatic rings. The maximum absolute atomic E-state index is 13.0. The lowest BCUT2D eigenvalue weighted by Gasteiger charge is -2.39. The van der Waals surface area contributed by atoms with Gasteiger partial charge in [-0.3, -0.25) is 4.90 Å². The van der Waals surface area contributed by atoms with Gasteiger partial charge in [0.25, 0.3) is 0 Å². The zero-order valence-electron chi connectivity index (χ0n) is 14.5. The Balaban J connectivity index is 1.50. The van der Waals surface area contributed by atoms with Crippen molar-refractivity contribution < 1.29 is 12.8 Å². The van der Waals surface area contributed by atoms with Gasteiger partial charge in [-0.2, -0.15) is 16.1 Å². The number of thioether (sulfide) groups is 1. The van der Waals surface area contributed by atoms with Crippen molar-refractivity contribution in [3.8, 4) is 0 Å². The standard InChI is InChI=1S/C18H22N2O4S2/c21-18-4-1-14-13-16(2-3-17(14)24-18)26(22,23)20-7-5-15(6-8-20)19-9-11-25-12-10-19/h1-4,13,15H,5-12H2. The molecule has 0 bridgehead atoms. The zero-order chi connectivity index (χ0) is 18.1. The van der Waals surface area contributed by atoms with Crippen molar-refractivity contribution in [2.75, 3.05) is 37.7 Å². The average molecular weight is 395 g/mol. The Morgan fingerprint density at radius 2 is 1.73 bits per heavy atom. The maximum atomic E-state index is 13.0. The highest BCUT2D eigenvalue weighted by atomic mass is 32.2. The summed E-state index contributed by atoms with van der Waals surface area (Å²) >= 11 is 1.99. The van der Waals surface area contributed by atoms with Crippen LogP contribution in [0.4, 0.5) is 0 Å². The van der Waals surface area contributed by atoms with Crippen LogP contribution in [0.15, 0.2) is 44.4 Å². The quantitative estimate of drug-likeness (QED) is 0.742. The van der Waals surface area contributed by atoms with Crippen molar-refractivity contribution >= 4 is 32.8 Å². The molecule has 6 nitrogen and oxygen atoms in total. The van der Waals surface area contributed by atoms with Crippen LogP contribution in [0.25, 0.3) is 11.0 Å². The van der Waals surface area contributed by atoms with Crippen molar-refractivity contribution in [1.29, 1.82) is 0 Å². The molecule has 1 aromatic heterocycles. The van der Waals surface area contributed by atoms with Gasteiger partial charge in [0.05, 0.1) is 4.90 Å². The number of nitrogens with zero attached hydrogens (tertiary/aromatic N) is 2. The van der Waals surface area contributed by atoms with E-state index in [0.717, 1.165) is 25.9 Å². The van der Waals surface area contributed by atoms with Crippen LogP contribution in [0.3, 0.4) is 0 Å². The van der Waals surface area contributed by atoms with E-state index in [-0.39, 0.29) is 4.90 Å². The normalized spacial score (nSPS) is 21.2. The Bertz CT molecular complexity index is 943. The van der Waals surface area contributed by atoms with Crippen LogP contribution in [0.1, 0.15) is 12.8 Å². The van der Waals surface area contributed by atoms with E-state index in [1.165, 1.54) is 23.6 Å². The van der Waals surface area contributed by atoms with Gasteiger partial charge in [-0.15, -0.1) is 0 Å². The minimum Gasteiger partial charge on any atom is -0.423 e. The number of rotatable bonds is 3. The SMILES string of the molecule is O=c1ccc2cc(S(=O)(=O)N3CCC(N4CCSCC4)CC3)ccc2o1. The molecule has 0 aliphatic carbocycles. The first-order valence-electron chi connectivity index (χ1n) is 8.90. The van der Waals surface area contributed by atoms with Gasteiger partial charge in [0.1, 0.15) is 5.58 Å². The third-order valence-corrected chi connectivity index (χ3v) is 8.05. The third-order valence-electron chi connectivity index (χ3n) is 5.21. The van der Waals surface area contributed by atoms with Crippen molar-refractivity contribution in [2.24, 2.45) is 0 Å². The first-order chi connectivity index (χ1) is 12.5. The van der Waals surface area contributed by atoms with Gasteiger partial charge < -0.3 is 4.42 Å². The molecule has 2 saturated heterocycles. The summed E-state index contributed by atoms with van der Waals surface area (Å²) in [5, 5.41) is 0.617. The topological polar surface area (TPSA) is 70.8 Å². The molecule has 26 heavy (non-hydrogen) atoms. The highest BCUT2D eigenvalue weighted by Crippen LogP contribution is 2.26. The summed E-state index contributed by atoms with van der Waals surface area (Å²) in [5.74, 6) is 2.34. The highest BCUT2D eigenvalue weighted by molar-refractivity contribution is 7.99. The second-order valence-corrected chi connectivity index (χ2v) is 9.90. The number of fused-ring (bicyclic) bond motifs is 1. The summed E-state index contributed by atoms with van der Waals surface area (Å²) < 4.78 is 32.7. The molecule has 3 heterocycles. The Labute approximate surface area is 157 Å². The van der Waals surface area contributed by atoms with Gasteiger partial charge in [0.2, 0.25) is 10.0 Å². The molecule has 0 radical (unpaired) electrons. The summed E-state index contributed by atoms with van der Waals surface area (Å²) in [7, 11) is -3.53. The van der Waals surface area contributed by atoms with Gasteiger partial charge in [0, 0.05) is 55.2 Å². The monoisotopic (exact) mass is 394 g/mol. The highest BCUT2D eigenvalue weighted by Gasteiger charge is 2.32. The fraction of sp³-hybridized carbons (Fsp3) is 0.500. The molecule has 2 aliphatic heterocycles. The minimum absolute atomic E-state index is 0.256. The van der Waals surface area contributed by atoms with Crippen LogP contribution >= 0.6 is 11.8 Å². The first-order valence-corrected chi connectivity index (χ1v) is 11.5. The van der Waals surface area contributed by atoms with Crippen LogP contribution in [-0.2, 0) is 10.0 Å². The summed E-state index contributed by atoms with van der Waals surface area (Å²) in [5.41, 5.74) is -0.0376. The lowest BCUT2D eigenvalue weighted by atomic mass is 10.0. The zero-order valence-corrected chi connectivity index (χ0v) is 16.1. The van der Waals surface area contributed by atoms with Crippen molar-refractivity contribution in [2.45, 2.75) is 23.8 Å². The summed E-state index contributed by atoms with van der Waals surface area (Å²) in [4.78, 5) is 14.0. The smallest absolute Gasteiger partial charge is 0.336 e. The number of piperidine rings is 1. The minimum atomic E-state index is -3.53. The van der Waals surface area contributed by atoms with Gasteiger partial charge in [0.15, 0.2) is 0 Å². The summed E-state index contributed by atoms with van der Waals surface area (Å²) in [6.45, 7) is 3.33. The number of hydrogen-bond acceptors (Lipinski definition) is 6. The van der Waals surface area contributed by atoms with Gasteiger partial charge in [-0.1, -0.05) is 0 Å². The Morgan fingerprint density at radius 1 is 1.00 bits per heavy atom. The third kappa shape index (κ3) is 3.55. The second-order valence-electron chi connectivity index (χ2n) is 6.74. The summed E-state index contributed by atoms with van der Waals surface area (Å²) in [6.07, 6.45) is 1.76. The summed E-state index contributed by atoms with van der Waals surface area (Å²) in [6, 6.07) is 8.06. The molecule has 0 N–H and O–H groups in total. The largest absolute Gasteiger partial charge is 0.423 e. The van der Waals surface area contributed by atoms with Crippen molar-refractivity contribution in [1.82, 2.24) is 9.21 Å². The molecule has 140 valence electrons. The van der Waals surface area contributed by atoms with E-state index in [9.17, 15) is 13.2 Å². The molecule has 4 rings (SSSR count). The van der Waals surface area contributed by atoms with Crippen LogP contribution < -0.4 is 5.63 Å². The van der Waals surface area contributed by atoms with Crippen LogP contribution in [0.2, 0.25) is 0 Å². The van der Waals surface area contributed by atoms with Gasteiger partial charge in [-0.25, -0.2) is 13.2 Å². The molecular formula is C18H22N2O4S2. The fourth-order valence-corrected chi connectivity index (χ4v) is 6.19. The lowest BCUT2D eigenvalue weighted by Crippen LogP contribution is -2.48.